The van der Waals surface area contributed by atoms with Gasteiger partial charge in [-0.15, -0.1) is 0 Å². The maximum Gasteiger partial charge on any atom is 0.254 e. The van der Waals surface area contributed by atoms with E-state index in [0.29, 0.717) is 24.5 Å². The molecule has 0 unspecified atom stereocenters. The third-order valence-corrected chi connectivity index (χ3v) is 5.51. The van der Waals surface area contributed by atoms with Crippen LogP contribution in [-0.4, -0.2) is 48.5 Å². The fourth-order valence-electron chi connectivity index (χ4n) is 3.89. The molecule has 1 saturated heterocycles. The van der Waals surface area contributed by atoms with Gasteiger partial charge < -0.3 is 14.4 Å². The molecule has 1 aromatic carbocycles. The van der Waals surface area contributed by atoms with Crippen LogP contribution < -0.4 is 4.74 Å². The molecule has 1 heterocycles. The van der Waals surface area contributed by atoms with Crippen LogP contribution in [0.15, 0.2) is 24.3 Å². The Morgan fingerprint density at radius 2 is 1.84 bits per heavy atom. The predicted octanol–water partition coefficient (Wildman–Crippen LogP) is 2.83. The second kappa shape index (κ2) is 7.16. The second-order valence-electron chi connectivity index (χ2n) is 7.31. The fraction of sp³-hybridized carbons (Fsp3) is 0.600. The molecule has 4 rings (SSSR count). The molecule has 0 N–H and O–H groups in total. The Kier molecular flexibility index (Phi) is 4.75. The van der Waals surface area contributed by atoms with Crippen LogP contribution in [0.4, 0.5) is 0 Å². The number of benzene rings is 1. The summed E-state index contributed by atoms with van der Waals surface area (Å²) in [5.41, 5.74) is 0.673. The van der Waals surface area contributed by atoms with Gasteiger partial charge in [0.1, 0.15) is 12.4 Å². The van der Waals surface area contributed by atoms with Crippen molar-refractivity contribution in [2.24, 2.45) is 5.92 Å². The van der Waals surface area contributed by atoms with E-state index < -0.39 is 0 Å². The molecule has 2 aliphatic carbocycles. The Labute approximate surface area is 148 Å². The van der Waals surface area contributed by atoms with Gasteiger partial charge in [-0.3, -0.25) is 9.59 Å². The number of nitrogens with zero attached hydrogens (tertiary/aromatic N) is 1. The summed E-state index contributed by atoms with van der Waals surface area (Å²) in [6.45, 7) is 1.41. The summed E-state index contributed by atoms with van der Waals surface area (Å²) >= 11 is 0. The molecule has 2 atom stereocenters. The summed E-state index contributed by atoms with van der Waals surface area (Å²) in [6, 6.07) is 7.37. The molecule has 25 heavy (non-hydrogen) atoms. The van der Waals surface area contributed by atoms with Gasteiger partial charge in [-0.1, -0.05) is 12.8 Å². The normalized spacial score (nSPS) is 26.0. The number of ketones is 1. The van der Waals surface area contributed by atoms with Crippen molar-refractivity contribution in [3.05, 3.63) is 29.8 Å². The van der Waals surface area contributed by atoms with Crippen molar-refractivity contribution in [1.29, 1.82) is 0 Å². The SMILES string of the molecule is O=C(COc1ccc(C(=O)N2CCO[C@H]3CCCC[C@H]32)cc1)C1CC1. The van der Waals surface area contributed by atoms with Gasteiger partial charge in [0.25, 0.3) is 5.91 Å². The molecule has 3 aliphatic rings. The first-order valence-corrected chi connectivity index (χ1v) is 9.40. The number of amides is 1. The Bertz CT molecular complexity index is 636. The number of hydrogen-bond acceptors (Lipinski definition) is 4. The Morgan fingerprint density at radius 1 is 1.08 bits per heavy atom. The van der Waals surface area contributed by atoms with Crippen molar-refractivity contribution in [1.82, 2.24) is 4.90 Å². The Morgan fingerprint density at radius 3 is 2.60 bits per heavy atom. The van der Waals surface area contributed by atoms with Crippen molar-refractivity contribution >= 4 is 11.7 Å². The lowest BCUT2D eigenvalue weighted by atomic mass is 9.89. The highest BCUT2D eigenvalue weighted by molar-refractivity contribution is 5.94. The lowest BCUT2D eigenvalue weighted by molar-refractivity contribution is -0.122. The van der Waals surface area contributed by atoms with Crippen molar-refractivity contribution in [3.8, 4) is 5.75 Å². The molecule has 0 aromatic heterocycles. The van der Waals surface area contributed by atoms with E-state index >= 15 is 0 Å². The van der Waals surface area contributed by atoms with Crippen molar-refractivity contribution in [3.63, 3.8) is 0 Å². The van der Waals surface area contributed by atoms with E-state index in [-0.39, 0.29) is 36.4 Å². The van der Waals surface area contributed by atoms with Gasteiger partial charge in [0, 0.05) is 18.0 Å². The van der Waals surface area contributed by atoms with E-state index in [1.165, 1.54) is 6.42 Å². The Balaban J connectivity index is 1.38. The topological polar surface area (TPSA) is 55.8 Å². The summed E-state index contributed by atoms with van der Waals surface area (Å²) in [5.74, 6) is 1.10. The summed E-state index contributed by atoms with van der Waals surface area (Å²) in [4.78, 5) is 26.6. The molecule has 0 spiro atoms. The number of hydrogen-bond donors (Lipinski definition) is 0. The smallest absolute Gasteiger partial charge is 0.254 e. The summed E-state index contributed by atoms with van der Waals surface area (Å²) < 4.78 is 11.4. The second-order valence-corrected chi connectivity index (χ2v) is 7.31. The van der Waals surface area contributed by atoms with E-state index in [4.69, 9.17) is 9.47 Å². The molecule has 3 fully saturated rings. The summed E-state index contributed by atoms with van der Waals surface area (Å²) in [6.07, 6.45) is 6.62. The van der Waals surface area contributed by atoms with E-state index in [2.05, 4.69) is 0 Å². The number of fused-ring (bicyclic) bond motifs is 1. The average molecular weight is 343 g/mol. The quantitative estimate of drug-likeness (QED) is 0.825. The highest BCUT2D eigenvalue weighted by Crippen LogP contribution is 2.31. The molecule has 134 valence electrons. The van der Waals surface area contributed by atoms with Gasteiger partial charge >= 0.3 is 0 Å². The van der Waals surface area contributed by atoms with Gasteiger partial charge in [0.2, 0.25) is 0 Å². The molecular weight excluding hydrogens is 318 g/mol. The average Bonchev–Trinajstić information content (AvgIpc) is 3.51. The third-order valence-electron chi connectivity index (χ3n) is 5.51. The van der Waals surface area contributed by atoms with Crippen LogP contribution in [0.25, 0.3) is 0 Å². The molecule has 1 aromatic rings. The first-order chi connectivity index (χ1) is 12.2. The number of carbonyl (C=O) groups excluding carboxylic acids is 2. The number of ether oxygens (including phenoxy) is 2. The number of Topliss-reactive ketones (excluding diaryl/α,β-unsaturated/α-hetero) is 1. The number of carbonyl (C=O) groups is 2. The predicted molar refractivity (Wildman–Crippen MR) is 92.7 cm³/mol. The highest BCUT2D eigenvalue weighted by Gasteiger charge is 2.37. The van der Waals surface area contributed by atoms with Gasteiger partial charge in [-0.05, 0) is 49.9 Å². The largest absolute Gasteiger partial charge is 0.486 e. The Hall–Kier alpha value is -1.88. The number of morpholine rings is 1. The maximum atomic E-state index is 12.9. The molecule has 0 bridgehead atoms. The monoisotopic (exact) mass is 343 g/mol. The zero-order valence-electron chi connectivity index (χ0n) is 14.5. The molecular formula is C20H25NO4. The molecule has 5 heteroatoms. The van der Waals surface area contributed by atoms with Gasteiger partial charge in [-0.2, -0.15) is 0 Å². The van der Waals surface area contributed by atoms with E-state index in [1.54, 1.807) is 24.3 Å². The first-order valence-electron chi connectivity index (χ1n) is 9.40. The minimum atomic E-state index is 0.0702. The zero-order valence-corrected chi connectivity index (χ0v) is 14.5. The van der Waals surface area contributed by atoms with Crippen LogP contribution in [0.3, 0.4) is 0 Å². The van der Waals surface area contributed by atoms with Crippen LogP contribution in [0, 0.1) is 5.92 Å². The molecule has 1 aliphatic heterocycles. The van der Waals surface area contributed by atoms with Crippen LogP contribution in [-0.2, 0) is 9.53 Å². The van der Waals surface area contributed by atoms with E-state index in [9.17, 15) is 9.59 Å². The van der Waals surface area contributed by atoms with Crippen LogP contribution >= 0.6 is 0 Å². The number of rotatable bonds is 5. The summed E-state index contributed by atoms with van der Waals surface area (Å²) in [7, 11) is 0. The van der Waals surface area contributed by atoms with Crippen LogP contribution in [0.5, 0.6) is 5.75 Å². The fourth-order valence-corrected chi connectivity index (χ4v) is 3.89. The minimum Gasteiger partial charge on any atom is -0.486 e. The van der Waals surface area contributed by atoms with Crippen LogP contribution in [0.1, 0.15) is 48.9 Å². The van der Waals surface area contributed by atoms with Crippen molar-refractivity contribution < 1.29 is 19.1 Å². The minimum absolute atomic E-state index is 0.0702. The molecule has 1 amide bonds. The van der Waals surface area contributed by atoms with Gasteiger partial charge in [0.15, 0.2) is 5.78 Å². The highest BCUT2D eigenvalue weighted by atomic mass is 16.5. The van der Waals surface area contributed by atoms with Crippen molar-refractivity contribution in [2.75, 3.05) is 19.8 Å². The standard InChI is InChI=1S/C20H25NO4/c22-18(14-5-6-14)13-25-16-9-7-15(8-10-16)20(23)21-11-12-24-19-4-2-1-3-17(19)21/h7-10,14,17,19H,1-6,11-13H2/t17-,19+/m1/s1. The third kappa shape index (κ3) is 3.71. The molecule has 5 nitrogen and oxygen atoms in total. The lowest BCUT2D eigenvalue weighted by Crippen LogP contribution is -2.54. The summed E-state index contributed by atoms with van der Waals surface area (Å²) in [5, 5.41) is 0. The van der Waals surface area contributed by atoms with Gasteiger partial charge in [0.05, 0.1) is 18.8 Å². The molecule has 0 radical (unpaired) electrons. The van der Waals surface area contributed by atoms with Gasteiger partial charge in [-0.25, -0.2) is 0 Å². The lowest BCUT2D eigenvalue weighted by Gasteiger charge is -2.43. The van der Waals surface area contributed by atoms with E-state index in [1.807, 2.05) is 4.90 Å². The van der Waals surface area contributed by atoms with Crippen molar-refractivity contribution in [2.45, 2.75) is 50.7 Å². The van der Waals surface area contributed by atoms with E-state index in [0.717, 1.165) is 32.1 Å². The van der Waals surface area contributed by atoms with Crippen LogP contribution in [0.2, 0.25) is 0 Å². The maximum absolute atomic E-state index is 12.9. The first kappa shape index (κ1) is 16.6. The molecule has 2 saturated carbocycles. The zero-order chi connectivity index (χ0) is 17.2.